The number of rotatable bonds is 5. The molecule has 0 aliphatic heterocycles. The Morgan fingerprint density at radius 1 is 1.16 bits per heavy atom. The van der Waals surface area contributed by atoms with E-state index in [9.17, 15) is 0 Å². The van der Waals surface area contributed by atoms with Crippen LogP contribution in [-0.2, 0) is 4.74 Å². The van der Waals surface area contributed by atoms with Gasteiger partial charge in [0.25, 0.3) is 0 Å². The van der Waals surface area contributed by atoms with Crippen molar-refractivity contribution in [1.29, 1.82) is 5.26 Å². The number of ether oxygens (including phenoxy) is 1. The molecule has 0 radical (unpaired) electrons. The molecule has 0 unspecified atom stereocenters. The largest absolute Gasteiger partial charge is 0.385 e. The average molecular weight is 254 g/mol. The lowest BCUT2D eigenvalue weighted by molar-refractivity contribution is 0.196. The number of methoxy groups -OCH3 is 1. The molecule has 2 aromatic carbocycles. The molecule has 98 valence electrons. The molecular formula is C16H18N2O. The van der Waals surface area contributed by atoms with Crippen LogP contribution in [0.1, 0.15) is 12.0 Å². The third kappa shape index (κ3) is 2.86. The van der Waals surface area contributed by atoms with Gasteiger partial charge in [0, 0.05) is 43.8 Å². The van der Waals surface area contributed by atoms with E-state index in [4.69, 9.17) is 10.00 Å². The van der Waals surface area contributed by atoms with Crippen LogP contribution in [0, 0.1) is 11.3 Å². The summed E-state index contributed by atoms with van der Waals surface area (Å²) >= 11 is 0. The maximum absolute atomic E-state index is 9.16. The molecular weight excluding hydrogens is 236 g/mol. The molecule has 0 saturated heterocycles. The topological polar surface area (TPSA) is 36.3 Å². The molecule has 3 heteroatoms. The van der Waals surface area contributed by atoms with E-state index >= 15 is 0 Å². The normalized spacial score (nSPS) is 10.4. The Labute approximate surface area is 114 Å². The standard InChI is InChI=1S/C16H18N2O/c1-18(10-5-11-19-2)16-9-8-13(12-17)14-6-3-4-7-15(14)16/h3-4,6-9H,5,10-11H2,1-2H3. The minimum absolute atomic E-state index is 0.727. The van der Waals surface area contributed by atoms with E-state index in [1.165, 1.54) is 0 Å². The van der Waals surface area contributed by atoms with Crippen molar-refractivity contribution in [3.8, 4) is 6.07 Å². The number of fused-ring (bicyclic) bond motifs is 1. The third-order valence-electron chi connectivity index (χ3n) is 3.27. The number of hydrogen-bond acceptors (Lipinski definition) is 3. The van der Waals surface area contributed by atoms with E-state index in [-0.39, 0.29) is 0 Å². The zero-order valence-corrected chi connectivity index (χ0v) is 11.4. The third-order valence-corrected chi connectivity index (χ3v) is 3.27. The van der Waals surface area contributed by atoms with Gasteiger partial charge in [0.15, 0.2) is 0 Å². The van der Waals surface area contributed by atoms with Crippen LogP contribution in [0.25, 0.3) is 10.8 Å². The van der Waals surface area contributed by atoms with Gasteiger partial charge >= 0.3 is 0 Å². The number of nitrogens with zero attached hydrogens (tertiary/aromatic N) is 2. The van der Waals surface area contributed by atoms with Gasteiger partial charge in [0.05, 0.1) is 11.6 Å². The quantitative estimate of drug-likeness (QED) is 0.769. The fourth-order valence-corrected chi connectivity index (χ4v) is 2.28. The maximum atomic E-state index is 9.16. The molecule has 19 heavy (non-hydrogen) atoms. The predicted molar refractivity (Wildman–Crippen MR) is 78.4 cm³/mol. The van der Waals surface area contributed by atoms with Gasteiger partial charge in [-0.25, -0.2) is 0 Å². The number of anilines is 1. The summed E-state index contributed by atoms with van der Waals surface area (Å²) in [5, 5.41) is 11.3. The summed E-state index contributed by atoms with van der Waals surface area (Å²) in [4.78, 5) is 2.21. The van der Waals surface area contributed by atoms with Gasteiger partial charge in [-0.1, -0.05) is 24.3 Å². The van der Waals surface area contributed by atoms with E-state index in [0.29, 0.717) is 0 Å². The smallest absolute Gasteiger partial charge is 0.0998 e. The average Bonchev–Trinajstić information content (AvgIpc) is 2.46. The number of benzene rings is 2. The van der Waals surface area contributed by atoms with Crippen molar-refractivity contribution >= 4 is 16.5 Å². The first-order valence-corrected chi connectivity index (χ1v) is 6.40. The second-order valence-corrected chi connectivity index (χ2v) is 4.56. The fourth-order valence-electron chi connectivity index (χ4n) is 2.28. The molecule has 0 aromatic heterocycles. The van der Waals surface area contributed by atoms with Crippen molar-refractivity contribution in [2.75, 3.05) is 32.2 Å². The van der Waals surface area contributed by atoms with E-state index in [0.717, 1.165) is 41.6 Å². The highest BCUT2D eigenvalue weighted by Gasteiger charge is 2.08. The van der Waals surface area contributed by atoms with Crippen LogP contribution in [0.15, 0.2) is 36.4 Å². The van der Waals surface area contributed by atoms with Crippen LogP contribution in [0.4, 0.5) is 5.69 Å². The first-order valence-electron chi connectivity index (χ1n) is 6.40. The van der Waals surface area contributed by atoms with Crippen LogP contribution in [-0.4, -0.2) is 27.3 Å². The second kappa shape index (κ2) is 6.21. The van der Waals surface area contributed by atoms with Crippen molar-refractivity contribution in [2.24, 2.45) is 0 Å². The minimum Gasteiger partial charge on any atom is -0.385 e. The molecule has 2 rings (SSSR count). The molecule has 0 fully saturated rings. The summed E-state index contributed by atoms with van der Waals surface area (Å²) in [6.07, 6.45) is 0.987. The SMILES string of the molecule is COCCCN(C)c1ccc(C#N)c2ccccc12. The summed E-state index contributed by atoms with van der Waals surface area (Å²) in [6, 6.07) is 14.2. The van der Waals surface area contributed by atoms with Gasteiger partial charge in [0.1, 0.15) is 0 Å². The molecule has 0 N–H and O–H groups in total. The van der Waals surface area contributed by atoms with E-state index in [1.54, 1.807) is 7.11 Å². The molecule has 0 amide bonds. The highest BCUT2D eigenvalue weighted by Crippen LogP contribution is 2.28. The monoisotopic (exact) mass is 254 g/mol. The van der Waals surface area contributed by atoms with Gasteiger partial charge in [0.2, 0.25) is 0 Å². The molecule has 0 aliphatic carbocycles. The number of nitriles is 1. The Bertz CT molecular complexity index is 601. The van der Waals surface area contributed by atoms with Gasteiger partial charge in [-0.15, -0.1) is 0 Å². The van der Waals surface area contributed by atoms with Crippen molar-refractivity contribution in [2.45, 2.75) is 6.42 Å². The van der Waals surface area contributed by atoms with Crippen molar-refractivity contribution < 1.29 is 4.74 Å². The van der Waals surface area contributed by atoms with Crippen LogP contribution >= 0.6 is 0 Å². The van der Waals surface area contributed by atoms with Gasteiger partial charge in [-0.05, 0) is 18.6 Å². The molecule has 0 heterocycles. The minimum atomic E-state index is 0.727. The highest BCUT2D eigenvalue weighted by atomic mass is 16.5. The number of hydrogen-bond donors (Lipinski definition) is 0. The second-order valence-electron chi connectivity index (χ2n) is 4.56. The van der Waals surface area contributed by atoms with Crippen LogP contribution in [0.2, 0.25) is 0 Å². The van der Waals surface area contributed by atoms with Crippen molar-refractivity contribution in [3.63, 3.8) is 0 Å². The van der Waals surface area contributed by atoms with Crippen LogP contribution in [0.5, 0.6) is 0 Å². The fraction of sp³-hybridized carbons (Fsp3) is 0.312. The van der Waals surface area contributed by atoms with E-state index < -0.39 is 0 Å². The van der Waals surface area contributed by atoms with Crippen LogP contribution < -0.4 is 4.90 Å². The first kappa shape index (κ1) is 13.4. The lowest BCUT2D eigenvalue weighted by Gasteiger charge is -2.21. The zero-order chi connectivity index (χ0) is 13.7. The van der Waals surface area contributed by atoms with Gasteiger partial charge in [-0.2, -0.15) is 5.26 Å². The van der Waals surface area contributed by atoms with Crippen molar-refractivity contribution in [1.82, 2.24) is 0 Å². The molecule has 3 nitrogen and oxygen atoms in total. The Morgan fingerprint density at radius 2 is 1.89 bits per heavy atom. The summed E-state index contributed by atoms with van der Waals surface area (Å²) < 4.78 is 5.08. The lowest BCUT2D eigenvalue weighted by atomic mass is 10.0. The first-order chi connectivity index (χ1) is 9.27. The molecule has 0 aliphatic rings. The Morgan fingerprint density at radius 3 is 2.58 bits per heavy atom. The van der Waals surface area contributed by atoms with E-state index in [1.807, 2.05) is 30.3 Å². The summed E-state index contributed by atoms with van der Waals surface area (Å²) in [6.45, 7) is 1.70. The highest BCUT2D eigenvalue weighted by molar-refractivity contribution is 5.97. The van der Waals surface area contributed by atoms with Gasteiger partial charge < -0.3 is 9.64 Å². The molecule has 2 aromatic rings. The molecule has 0 spiro atoms. The summed E-state index contributed by atoms with van der Waals surface area (Å²) in [5.74, 6) is 0. The Balaban J connectivity index is 2.36. The molecule has 0 bridgehead atoms. The van der Waals surface area contributed by atoms with E-state index in [2.05, 4.69) is 24.1 Å². The maximum Gasteiger partial charge on any atom is 0.0998 e. The van der Waals surface area contributed by atoms with Gasteiger partial charge in [-0.3, -0.25) is 0 Å². The van der Waals surface area contributed by atoms with Crippen molar-refractivity contribution in [3.05, 3.63) is 42.0 Å². The van der Waals surface area contributed by atoms with Crippen LogP contribution in [0.3, 0.4) is 0 Å². The summed E-state index contributed by atoms with van der Waals surface area (Å²) in [5.41, 5.74) is 1.88. The summed E-state index contributed by atoms with van der Waals surface area (Å²) in [7, 11) is 3.79. The Kier molecular flexibility index (Phi) is 4.38. The molecule has 0 atom stereocenters. The zero-order valence-electron chi connectivity index (χ0n) is 11.4. The predicted octanol–water partition coefficient (Wildman–Crippen LogP) is 3.18. The lowest BCUT2D eigenvalue weighted by Crippen LogP contribution is -2.20. The molecule has 0 saturated carbocycles. The Hall–Kier alpha value is -2.05.